The van der Waals surface area contributed by atoms with Crippen molar-refractivity contribution in [2.45, 2.75) is 244 Å². The van der Waals surface area contributed by atoms with Gasteiger partial charge in [0.25, 0.3) is 0 Å². The number of hydrogen-bond acceptors (Lipinski definition) is 5. The number of ether oxygens (including phenoxy) is 1. The first-order valence-electron chi connectivity index (χ1n) is 24.0. The second kappa shape index (κ2) is 44.7. The van der Waals surface area contributed by atoms with Crippen LogP contribution in [0.15, 0.2) is 60.8 Å². The normalized spacial score (nSPS) is 13.8. The number of esters is 1. The van der Waals surface area contributed by atoms with Crippen molar-refractivity contribution in [3.63, 3.8) is 0 Å². The molecule has 0 saturated carbocycles. The molecule has 0 aromatic heterocycles. The Hall–Kier alpha value is -2.44. The van der Waals surface area contributed by atoms with Crippen LogP contribution >= 0.6 is 0 Å². The van der Waals surface area contributed by atoms with E-state index < -0.39 is 18.2 Å². The summed E-state index contributed by atoms with van der Waals surface area (Å²) in [5, 5.41) is 23.6. The predicted molar refractivity (Wildman–Crippen MR) is 245 cm³/mol. The topological polar surface area (TPSA) is 95.9 Å². The van der Waals surface area contributed by atoms with Crippen LogP contribution < -0.4 is 5.32 Å². The maximum Gasteiger partial charge on any atom is 0.306 e. The Labute approximate surface area is 352 Å². The lowest BCUT2D eigenvalue weighted by molar-refractivity contribution is -0.151. The van der Waals surface area contributed by atoms with Gasteiger partial charge in [-0.25, -0.2) is 0 Å². The number of amides is 1. The van der Waals surface area contributed by atoms with E-state index >= 15 is 0 Å². The van der Waals surface area contributed by atoms with E-state index in [2.05, 4.69) is 86.8 Å². The highest BCUT2D eigenvalue weighted by atomic mass is 16.5. The van der Waals surface area contributed by atoms with E-state index in [-0.39, 0.29) is 24.9 Å². The molecule has 0 fully saturated rings. The van der Waals surface area contributed by atoms with Gasteiger partial charge in [-0.2, -0.15) is 0 Å². The van der Waals surface area contributed by atoms with Crippen molar-refractivity contribution in [2.75, 3.05) is 6.61 Å². The first kappa shape index (κ1) is 54.6. The molecule has 0 aliphatic carbocycles. The van der Waals surface area contributed by atoms with Crippen molar-refractivity contribution in [3.05, 3.63) is 60.8 Å². The number of rotatable bonds is 42. The number of allylic oxidation sites excluding steroid dienone is 10. The molecule has 0 aromatic carbocycles. The molecule has 1 amide bonds. The van der Waals surface area contributed by atoms with E-state index in [9.17, 15) is 19.8 Å². The number of aliphatic hydroxyl groups is 2. The van der Waals surface area contributed by atoms with Gasteiger partial charge in [0.1, 0.15) is 6.10 Å². The number of carbonyl (C=O) groups is 2. The summed E-state index contributed by atoms with van der Waals surface area (Å²) in [6, 6.07) is -0.718. The van der Waals surface area contributed by atoms with Crippen LogP contribution in [0.2, 0.25) is 0 Å². The Kier molecular flexibility index (Phi) is 42.7. The molecule has 0 aromatic rings. The first-order valence-corrected chi connectivity index (χ1v) is 24.0. The van der Waals surface area contributed by atoms with Crippen LogP contribution in [-0.4, -0.2) is 46.9 Å². The largest absolute Gasteiger partial charge is 0.462 e. The van der Waals surface area contributed by atoms with Crippen LogP contribution in [0.5, 0.6) is 0 Å². The molecule has 0 rings (SSSR count). The molecule has 0 radical (unpaired) electrons. The summed E-state index contributed by atoms with van der Waals surface area (Å²) in [6.45, 7) is 6.32. The molecule has 0 saturated heterocycles. The maximum atomic E-state index is 13.1. The quantitative estimate of drug-likeness (QED) is 0.0325. The second-order valence-electron chi connectivity index (χ2n) is 16.1. The molecule has 3 atom stereocenters. The zero-order valence-electron chi connectivity index (χ0n) is 37.5. The molecule has 3 unspecified atom stereocenters. The van der Waals surface area contributed by atoms with Crippen LogP contribution in [0, 0.1) is 0 Å². The minimum Gasteiger partial charge on any atom is -0.462 e. The number of carbonyl (C=O) groups excluding carboxylic acids is 2. The van der Waals surface area contributed by atoms with Crippen LogP contribution in [0.25, 0.3) is 0 Å². The van der Waals surface area contributed by atoms with Gasteiger partial charge in [0.15, 0.2) is 0 Å². The Morgan fingerprint density at radius 2 is 0.947 bits per heavy atom. The van der Waals surface area contributed by atoms with E-state index in [4.69, 9.17) is 4.74 Å². The molecule has 0 spiro atoms. The third kappa shape index (κ3) is 40.1. The monoisotopic (exact) mass is 798 g/mol. The van der Waals surface area contributed by atoms with Crippen LogP contribution in [0.1, 0.15) is 226 Å². The average molecular weight is 798 g/mol. The van der Waals surface area contributed by atoms with Crippen LogP contribution in [-0.2, 0) is 14.3 Å². The van der Waals surface area contributed by atoms with Gasteiger partial charge in [-0.15, -0.1) is 0 Å². The fourth-order valence-corrected chi connectivity index (χ4v) is 6.99. The van der Waals surface area contributed by atoms with Gasteiger partial charge in [-0.1, -0.05) is 210 Å². The fourth-order valence-electron chi connectivity index (χ4n) is 6.99. The predicted octanol–water partition coefficient (Wildman–Crippen LogP) is 14.1. The molecule has 0 aliphatic rings. The summed E-state index contributed by atoms with van der Waals surface area (Å²) in [4.78, 5) is 26.0. The Morgan fingerprint density at radius 1 is 0.526 bits per heavy atom. The maximum absolute atomic E-state index is 13.1. The lowest BCUT2D eigenvalue weighted by atomic mass is 10.0. The van der Waals surface area contributed by atoms with Crippen LogP contribution in [0.3, 0.4) is 0 Å². The SMILES string of the molecule is CC/C=C\C/C=C\C/C=C\C/C=C\C/C=C\CCCC(CC(=O)NC(CO)C(O)CCCCCCCCCCCC)OC(=O)CCCCCCCCCCCCC. The number of unbranched alkanes of at least 4 members (excludes halogenated alkanes) is 20. The van der Waals surface area contributed by atoms with Crippen molar-refractivity contribution >= 4 is 11.9 Å². The number of nitrogens with one attached hydrogen (secondary N) is 1. The van der Waals surface area contributed by atoms with Crippen molar-refractivity contribution < 1.29 is 24.5 Å². The third-order valence-corrected chi connectivity index (χ3v) is 10.6. The van der Waals surface area contributed by atoms with E-state index in [0.717, 1.165) is 83.5 Å². The fraction of sp³-hybridized carbons (Fsp3) is 0.765. The highest BCUT2D eigenvalue weighted by Gasteiger charge is 2.24. The molecule has 3 N–H and O–H groups in total. The van der Waals surface area contributed by atoms with Gasteiger partial charge in [0.05, 0.1) is 25.2 Å². The van der Waals surface area contributed by atoms with Gasteiger partial charge in [0.2, 0.25) is 5.91 Å². The summed E-state index contributed by atoms with van der Waals surface area (Å²) >= 11 is 0. The van der Waals surface area contributed by atoms with Gasteiger partial charge in [-0.05, 0) is 64.2 Å². The van der Waals surface area contributed by atoms with Crippen molar-refractivity contribution in [3.8, 4) is 0 Å². The van der Waals surface area contributed by atoms with Gasteiger partial charge < -0.3 is 20.3 Å². The molecule has 330 valence electrons. The second-order valence-corrected chi connectivity index (χ2v) is 16.1. The van der Waals surface area contributed by atoms with Crippen LogP contribution in [0.4, 0.5) is 0 Å². The Bertz CT molecular complexity index is 1030. The highest BCUT2D eigenvalue weighted by Crippen LogP contribution is 2.17. The summed E-state index contributed by atoms with van der Waals surface area (Å²) in [6.07, 6.45) is 54.2. The summed E-state index contributed by atoms with van der Waals surface area (Å²) < 4.78 is 5.88. The van der Waals surface area contributed by atoms with Gasteiger partial charge >= 0.3 is 5.97 Å². The lowest BCUT2D eigenvalue weighted by Crippen LogP contribution is -2.46. The molecule has 0 heterocycles. The third-order valence-electron chi connectivity index (χ3n) is 10.6. The van der Waals surface area contributed by atoms with Crippen molar-refractivity contribution in [2.24, 2.45) is 0 Å². The van der Waals surface area contributed by atoms with E-state index in [0.29, 0.717) is 19.3 Å². The minimum absolute atomic E-state index is 0.0388. The average Bonchev–Trinajstić information content (AvgIpc) is 3.20. The molecule has 6 heteroatoms. The molecule has 0 bridgehead atoms. The smallest absolute Gasteiger partial charge is 0.306 e. The Balaban J connectivity index is 4.72. The summed E-state index contributed by atoms with van der Waals surface area (Å²) in [5.41, 5.74) is 0. The molecular weight excluding hydrogens is 707 g/mol. The van der Waals surface area contributed by atoms with Gasteiger partial charge in [-0.3, -0.25) is 9.59 Å². The van der Waals surface area contributed by atoms with E-state index in [1.165, 1.54) is 96.3 Å². The Morgan fingerprint density at radius 3 is 1.40 bits per heavy atom. The van der Waals surface area contributed by atoms with E-state index in [1.54, 1.807) is 0 Å². The minimum atomic E-state index is -0.801. The molecule has 6 nitrogen and oxygen atoms in total. The van der Waals surface area contributed by atoms with Crippen molar-refractivity contribution in [1.82, 2.24) is 5.32 Å². The molecule has 0 aliphatic heterocycles. The van der Waals surface area contributed by atoms with Crippen molar-refractivity contribution in [1.29, 1.82) is 0 Å². The molecular formula is C51H91NO5. The summed E-state index contributed by atoms with van der Waals surface area (Å²) in [5.74, 6) is -0.531. The molecule has 57 heavy (non-hydrogen) atoms. The lowest BCUT2D eigenvalue weighted by Gasteiger charge is -2.24. The zero-order chi connectivity index (χ0) is 41.7. The highest BCUT2D eigenvalue weighted by molar-refractivity contribution is 5.77. The number of aliphatic hydroxyl groups excluding tert-OH is 2. The van der Waals surface area contributed by atoms with E-state index in [1.807, 2.05) is 0 Å². The zero-order valence-corrected chi connectivity index (χ0v) is 37.5. The number of hydrogen-bond donors (Lipinski definition) is 3. The van der Waals surface area contributed by atoms with Gasteiger partial charge in [0, 0.05) is 6.42 Å². The first-order chi connectivity index (χ1) is 28.0. The standard InChI is InChI=1S/C51H91NO5/c1-4-7-10-13-16-19-22-23-24-25-26-27-29-30-33-36-39-42-47(57-51(56)44-41-38-35-32-28-20-17-14-11-8-5-2)45-50(55)52-48(46-53)49(54)43-40-37-34-31-21-18-15-12-9-6-3/h7,10,16,19,23-24,26-27,30,33,47-49,53-54H,4-6,8-9,11-15,17-18,20-22,25,28-29,31-32,34-46H2,1-3H3,(H,52,55)/b10-7-,19-16-,24-23-,27-26-,33-30-. The summed E-state index contributed by atoms with van der Waals surface area (Å²) in [7, 11) is 0.